The molecule has 0 saturated carbocycles. The Kier molecular flexibility index (Phi) is 2.31. The van der Waals surface area contributed by atoms with Crippen LogP contribution in [-0.2, 0) is 0 Å². The standard InChI is InChI=1S/C8H12N2O/c1-6(2)10-7-3-4-8(11)9-5-7/h3-6,10H,1-2H3,(H,9,11). The lowest BCUT2D eigenvalue weighted by atomic mass is 10.3. The Hall–Kier alpha value is -1.25. The zero-order valence-corrected chi connectivity index (χ0v) is 6.72. The van der Waals surface area contributed by atoms with Crippen LogP contribution in [0.4, 0.5) is 5.69 Å². The average molecular weight is 152 g/mol. The normalized spacial score (nSPS) is 10.1. The molecule has 1 heterocycles. The van der Waals surface area contributed by atoms with Crippen LogP contribution in [0.25, 0.3) is 0 Å². The van der Waals surface area contributed by atoms with Gasteiger partial charge < -0.3 is 10.3 Å². The highest BCUT2D eigenvalue weighted by Gasteiger charge is 1.92. The summed E-state index contributed by atoms with van der Waals surface area (Å²) in [5.74, 6) is 0. The molecule has 0 aliphatic rings. The smallest absolute Gasteiger partial charge is 0.248 e. The van der Waals surface area contributed by atoms with E-state index in [-0.39, 0.29) is 5.56 Å². The molecule has 0 radical (unpaired) electrons. The number of anilines is 1. The third-order valence-electron chi connectivity index (χ3n) is 1.24. The fraction of sp³-hybridized carbons (Fsp3) is 0.375. The van der Waals surface area contributed by atoms with Crippen molar-refractivity contribution in [2.45, 2.75) is 19.9 Å². The van der Waals surface area contributed by atoms with E-state index in [4.69, 9.17) is 0 Å². The minimum absolute atomic E-state index is 0.0701. The maximum Gasteiger partial charge on any atom is 0.248 e. The highest BCUT2D eigenvalue weighted by molar-refractivity contribution is 5.40. The first-order valence-electron chi connectivity index (χ1n) is 3.64. The zero-order valence-electron chi connectivity index (χ0n) is 6.72. The van der Waals surface area contributed by atoms with Crippen molar-refractivity contribution in [3.8, 4) is 0 Å². The fourth-order valence-electron chi connectivity index (χ4n) is 0.834. The van der Waals surface area contributed by atoms with E-state index in [1.165, 1.54) is 6.07 Å². The zero-order chi connectivity index (χ0) is 8.27. The van der Waals surface area contributed by atoms with Gasteiger partial charge in [-0.15, -0.1) is 0 Å². The fourth-order valence-corrected chi connectivity index (χ4v) is 0.834. The Labute approximate surface area is 65.5 Å². The van der Waals surface area contributed by atoms with Crippen LogP contribution in [0.15, 0.2) is 23.1 Å². The minimum Gasteiger partial charge on any atom is -0.382 e. The van der Waals surface area contributed by atoms with Crippen molar-refractivity contribution < 1.29 is 0 Å². The van der Waals surface area contributed by atoms with Crippen LogP contribution in [0.1, 0.15) is 13.8 Å². The van der Waals surface area contributed by atoms with Crippen LogP contribution in [0.5, 0.6) is 0 Å². The molecule has 3 heteroatoms. The maximum absolute atomic E-state index is 10.6. The molecule has 1 aromatic rings. The van der Waals surface area contributed by atoms with Crippen molar-refractivity contribution >= 4 is 5.69 Å². The largest absolute Gasteiger partial charge is 0.382 e. The second-order valence-electron chi connectivity index (χ2n) is 2.74. The topological polar surface area (TPSA) is 44.9 Å². The summed E-state index contributed by atoms with van der Waals surface area (Å²) in [5, 5.41) is 3.16. The predicted molar refractivity (Wildman–Crippen MR) is 45.8 cm³/mol. The number of hydrogen-bond acceptors (Lipinski definition) is 2. The number of hydrogen-bond donors (Lipinski definition) is 2. The molecular weight excluding hydrogens is 140 g/mol. The molecule has 0 aromatic carbocycles. The van der Waals surface area contributed by atoms with Gasteiger partial charge in [-0.3, -0.25) is 4.79 Å². The lowest BCUT2D eigenvalue weighted by Crippen LogP contribution is -2.11. The Balaban J connectivity index is 2.74. The summed E-state index contributed by atoms with van der Waals surface area (Å²) in [6.07, 6.45) is 1.67. The molecule has 0 aliphatic heterocycles. The van der Waals surface area contributed by atoms with E-state index in [0.717, 1.165) is 5.69 Å². The number of aromatic amines is 1. The average Bonchev–Trinajstić information content (AvgIpc) is 1.93. The van der Waals surface area contributed by atoms with Gasteiger partial charge in [-0.25, -0.2) is 0 Å². The highest BCUT2D eigenvalue weighted by Crippen LogP contribution is 2.01. The van der Waals surface area contributed by atoms with Crippen molar-refractivity contribution in [2.75, 3.05) is 5.32 Å². The van der Waals surface area contributed by atoms with Gasteiger partial charge in [-0.1, -0.05) is 0 Å². The van der Waals surface area contributed by atoms with E-state index in [0.29, 0.717) is 6.04 Å². The van der Waals surface area contributed by atoms with Crippen LogP contribution in [0.2, 0.25) is 0 Å². The third kappa shape index (κ3) is 2.45. The molecule has 0 aliphatic carbocycles. The molecule has 11 heavy (non-hydrogen) atoms. The van der Waals surface area contributed by atoms with Gasteiger partial charge in [0, 0.05) is 18.3 Å². The summed E-state index contributed by atoms with van der Waals surface area (Å²) in [6, 6.07) is 3.66. The van der Waals surface area contributed by atoms with Crippen molar-refractivity contribution in [2.24, 2.45) is 0 Å². The summed E-state index contributed by atoms with van der Waals surface area (Å²) in [4.78, 5) is 13.2. The molecule has 60 valence electrons. The molecule has 0 amide bonds. The molecule has 0 spiro atoms. The van der Waals surface area contributed by atoms with Crippen molar-refractivity contribution in [1.29, 1.82) is 0 Å². The molecule has 1 rings (SSSR count). The Bertz CT molecular complexity index is 257. The van der Waals surface area contributed by atoms with E-state index in [1.54, 1.807) is 12.3 Å². The molecule has 1 aromatic heterocycles. The van der Waals surface area contributed by atoms with Crippen LogP contribution in [-0.4, -0.2) is 11.0 Å². The van der Waals surface area contributed by atoms with Crippen LogP contribution < -0.4 is 10.9 Å². The quantitative estimate of drug-likeness (QED) is 0.668. The first-order valence-corrected chi connectivity index (χ1v) is 3.64. The first kappa shape index (κ1) is 7.85. The summed E-state index contributed by atoms with van der Waals surface area (Å²) < 4.78 is 0. The Morgan fingerprint density at radius 1 is 1.45 bits per heavy atom. The summed E-state index contributed by atoms with van der Waals surface area (Å²) in [7, 11) is 0. The second kappa shape index (κ2) is 3.23. The van der Waals surface area contributed by atoms with Gasteiger partial charge in [0.25, 0.3) is 0 Å². The lowest BCUT2D eigenvalue weighted by Gasteiger charge is -2.07. The van der Waals surface area contributed by atoms with Gasteiger partial charge in [0.15, 0.2) is 0 Å². The summed E-state index contributed by atoms with van der Waals surface area (Å²) in [5.41, 5.74) is 0.874. The predicted octanol–water partition coefficient (Wildman–Crippen LogP) is 1.20. The third-order valence-corrected chi connectivity index (χ3v) is 1.24. The number of H-pyrrole nitrogens is 1. The molecule has 0 atom stereocenters. The highest BCUT2D eigenvalue weighted by atomic mass is 16.1. The first-order chi connectivity index (χ1) is 5.18. The number of rotatable bonds is 2. The van der Waals surface area contributed by atoms with Crippen molar-refractivity contribution in [3.05, 3.63) is 28.7 Å². The summed E-state index contributed by atoms with van der Waals surface area (Å²) >= 11 is 0. The number of aromatic nitrogens is 1. The van der Waals surface area contributed by atoms with Crippen LogP contribution in [0, 0.1) is 0 Å². The van der Waals surface area contributed by atoms with Crippen LogP contribution in [0.3, 0.4) is 0 Å². The molecule has 0 bridgehead atoms. The second-order valence-corrected chi connectivity index (χ2v) is 2.74. The van der Waals surface area contributed by atoms with Gasteiger partial charge in [0.05, 0.1) is 5.69 Å². The Morgan fingerprint density at radius 2 is 2.18 bits per heavy atom. The SMILES string of the molecule is CC(C)Nc1ccc(=O)[nH]c1. The monoisotopic (exact) mass is 152 g/mol. The van der Waals surface area contributed by atoms with Gasteiger partial charge in [-0.05, 0) is 19.9 Å². The van der Waals surface area contributed by atoms with Gasteiger partial charge in [-0.2, -0.15) is 0 Å². The molecular formula is C8H12N2O. The van der Waals surface area contributed by atoms with Crippen molar-refractivity contribution in [1.82, 2.24) is 4.98 Å². The minimum atomic E-state index is -0.0701. The molecule has 2 N–H and O–H groups in total. The van der Waals surface area contributed by atoms with Crippen molar-refractivity contribution in [3.63, 3.8) is 0 Å². The Morgan fingerprint density at radius 3 is 2.64 bits per heavy atom. The number of nitrogens with one attached hydrogen (secondary N) is 2. The van der Waals surface area contributed by atoms with E-state index in [9.17, 15) is 4.79 Å². The lowest BCUT2D eigenvalue weighted by molar-refractivity contribution is 0.897. The van der Waals surface area contributed by atoms with E-state index >= 15 is 0 Å². The van der Waals surface area contributed by atoms with E-state index < -0.39 is 0 Å². The molecule has 0 fully saturated rings. The molecule has 0 unspecified atom stereocenters. The molecule has 0 saturated heterocycles. The van der Waals surface area contributed by atoms with E-state index in [1.807, 2.05) is 13.8 Å². The molecule has 3 nitrogen and oxygen atoms in total. The van der Waals surface area contributed by atoms with Gasteiger partial charge in [0.2, 0.25) is 5.56 Å². The van der Waals surface area contributed by atoms with Crippen LogP contribution >= 0.6 is 0 Å². The number of pyridine rings is 1. The van der Waals surface area contributed by atoms with Gasteiger partial charge in [0.1, 0.15) is 0 Å². The summed E-state index contributed by atoms with van der Waals surface area (Å²) in [6.45, 7) is 4.09. The maximum atomic E-state index is 10.6. The van der Waals surface area contributed by atoms with Gasteiger partial charge >= 0.3 is 0 Å². The van der Waals surface area contributed by atoms with E-state index in [2.05, 4.69) is 10.3 Å².